The van der Waals surface area contributed by atoms with Crippen molar-refractivity contribution < 1.29 is 0 Å². The fraction of sp³-hybridized carbons (Fsp3) is 0.222. The van der Waals surface area contributed by atoms with Crippen LogP contribution in [0.2, 0.25) is 0 Å². The van der Waals surface area contributed by atoms with E-state index in [9.17, 15) is 0 Å². The summed E-state index contributed by atoms with van der Waals surface area (Å²) in [6.45, 7) is 2.92. The van der Waals surface area contributed by atoms with Crippen molar-refractivity contribution in [2.75, 3.05) is 0 Å². The molecule has 0 aliphatic rings. The molecule has 3 aromatic rings. The van der Waals surface area contributed by atoms with E-state index in [4.69, 9.17) is 0 Å². The number of hydrogen-bond donors (Lipinski definition) is 0. The number of benzene rings is 2. The SMILES string of the molecule is CCCc1nnn(Cc2ccccc2)c1-c1ccccc1. The van der Waals surface area contributed by atoms with Gasteiger partial charge in [-0.15, -0.1) is 5.10 Å². The molecule has 3 heteroatoms. The molecule has 106 valence electrons. The third kappa shape index (κ3) is 3.02. The van der Waals surface area contributed by atoms with Crippen LogP contribution >= 0.6 is 0 Å². The highest BCUT2D eigenvalue weighted by Gasteiger charge is 2.14. The van der Waals surface area contributed by atoms with E-state index < -0.39 is 0 Å². The molecule has 0 aliphatic carbocycles. The summed E-state index contributed by atoms with van der Waals surface area (Å²) >= 11 is 0. The lowest BCUT2D eigenvalue weighted by Gasteiger charge is -2.08. The lowest BCUT2D eigenvalue weighted by molar-refractivity contribution is 0.654. The molecule has 3 rings (SSSR count). The molecule has 0 unspecified atom stereocenters. The Morgan fingerprint density at radius 1 is 0.905 bits per heavy atom. The molecule has 0 spiro atoms. The maximum Gasteiger partial charge on any atom is 0.0921 e. The second-order valence-corrected chi connectivity index (χ2v) is 5.14. The van der Waals surface area contributed by atoms with Crippen LogP contribution in [0.15, 0.2) is 60.7 Å². The summed E-state index contributed by atoms with van der Waals surface area (Å²) in [6, 6.07) is 20.8. The molecule has 0 atom stereocenters. The number of aromatic nitrogens is 3. The van der Waals surface area contributed by atoms with Gasteiger partial charge in [-0.2, -0.15) is 0 Å². The summed E-state index contributed by atoms with van der Waals surface area (Å²) < 4.78 is 2.01. The van der Waals surface area contributed by atoms with Crippen molar-refractivity contribution in [2.45, 2.75) is 26.3 Å². The van der Waals surface area contributed by atoms with Crippen molar-refractivity contribution in [1.29, 1.82) is 0 Å². The first-order valence-electron chi connectivity index (χ1n) is 7.40. The van der Waals surface area contributed by atoms with E-state index in [1.165, 1.54) is 11.1 Å². The molecule has 0 radical (unpaired) electrons. The molecular formula is C18H19N3. The van der Waals surface area contributed by atoms with Gasteiger partial charge >= 0.3 is 0 Å². The first kappa shape index (κ1) is 13.6. The lowest BCUT2D eigenvalue weighted by Crippen LogP contribution is -2.04. The van der Waals surface area contributed by atoms with Crippen molar-refractivity contribution in [2.24, 2.45) is 0 Å². The summed E-state index contributed by atoms with van der Waals surface area (Å²) in [4.78, 5) is 0. The normalized spacial score (nSPS) is 10.7. The van der Waals surface area contributed by atoms with Gasteiger partial charge in [-0.25, -0.2) is 4.68 Å². The van der Waals surface area contributed by atoms with Crippen LogP contribution in [-0.4, -0.2) is 15.0 Å². The van der Waals surface area contributed by atoms with E-state index in [1.54, 1.807) is 0 Å². The third-order valence-electron chi connectivity index (χ3n) is 3.51. The van der Waals surface area contributed by atoms with Crippen molar-refractivity contribution in [3.63, 3.8) is 0 Å². The van der Waals surface area contributed by atoms with Crippen LogP contribution < -0.4 is 0 Å². The summed E-state index contributed by atoms with van der Waals surface area (Å²) in [5, 5.41) is 8.76. The Kier molecular flexibility index (Phi) is 4.10. The standard InChI is InChI=1S/C18H19N3/c1-2-9-17-18(16-12-7-4-8-13-16)21(20-19-17)14-15-10-5-3-6-11-15/h3-8,10-13H,2,9,14H2,1H3. The molecule has 3 nitrogen and oxygen atoms in total. The molecule has 1 heterocycles. The van der Waals surface area contributed by atoms with Gasteiger partial charge in [0.1, 0.15) is 0 Å². The van der Waals surface area contributed by atoms with E-state index in [0.29, 0.717) is 0 Å². The van der Waals surface area contributed by atoms with Crippen LogP contribution in [0, 0.1) is 0 Å². The molecule has 0 N–H and O–H groups in total. The smallest absolute Gasteiger partial charge is 0.0921 e. The van der Waals surface area contributed by atoms with Crippen molar-refractivity contribution in [3.05, 3.63) is 71.9 Å². The van der Waals surface area contributed by atoms with Gasteiger partial charge in [0.25, 0.3) is 0 Å². The average Bonchev–Trinajstić information content (AvgIpc) is 2.92. The van der Waals surface area contributed by atoms with Gasteiger partial charge in [0.2, 0.25) is 0 Å². The largest absolute Gasteiger partial charge is 0.240 e. The lowest BCUT2D eigenvalue weighted by atomic mass is 10.1. The Labute approximate surface area is 125 Å². The van der Waals surface area contributed by atoms with Crippen LogP contribution in [-0.2, 0) is 13.0 Å². The molecule has 2 aromatic carbocycles. The van der Waals surface area contributed by atoms with E-state index in [1.807, 2.05) is 16.8 Å². The highest BCUT2D eigenvalue weighted by atomic mass is 15.4. The number of aryl methyl sites for hydroxylation is 1. The molecular weight excluding hydrogens is 258 g/mol. The molecule has 21 heavy (non-hydrogen) atoms. The fourth-order valence-corrected chi connectivity index (χ4v) is 2.53. The fourth-order valence-electron chi connectivity index (χ4n) is 2.53. The van der Waals surface area contributed by atoms with Gasteiger partial charge in [0.05, 0.1) is 17.9 Å². The van der Waals surface area contributed by atoms with E-state index in [-0.39, 0.29) is 0 Å². The van der Waals surface area contributed by atoms with Crippen LogP contribution in [0.3, 0.4) is 0 Å². The Balaban J connectivity index is 2.01. The second-order valence-electron chi connectivity index (χ2n) is 5.14. The topological polar surface area (TPSA) is 30.7 Å². The summed E-state index contributed by atoms with van der Waals surface area (Å²) in [7, 11) is 0. The van der Waals surface area contributed by atoms with E-state index in [0.717, 1.165) is 30.8 Å². The molecule has 0 saturated heterocycles. The van der Waals surface area contributed by atoms with Crippen LogP contribution in [0.25, 0.3) is 11.3 Å². The van der Waals surface area contributed by atoms with Crippen LogP contribution in [0.1, 0.15) is 24.6 Å². The van der Waals surface area contributed by atoms with Crippen molar-refractivity contribution >= 4 is 0 Å². The minimum Gasteiger partial charge on any atom is -0.240 e. The summed E-state index contributed by atoms with van der Waals surface area (Å²) in [5.41, 5.74) is 4.64. The first-order valence-corrected chi connectivity index (χ1v) is 7.40. The van der Waals surface area contributed by atoms with Crippen LogP contribution in [0.4, 0.5) is 0 Å². The van der Waals surface area contributed by atoms with Crippen LogP contribution in [0.5, 0.6) is 0 Å². The van der Waals surface area contributed by atoms with Gasteiger partial charge < -0.3 is 0 Å². The van der Waals surface area contributed by atoms with Crippen molar-refractivity contribution in [1.82, 2.24) is 15.0 Å². The monoisotopic (exact) mass is 277 g/mol. The Morgan fingerprint density at radius 2 is 1.57 bits per heavy atom. The Hall–Kier alpha value is -2.42. The van der Waals surface area contributed by atoms with Gasteiger partial charge in [-0.05, 0) is 12.0 Å². The Bertz CT molecular complexity index is 687. The molecule has 0 fully saturated rings. The molecule has 0 aliphatic heterocycles. The minimum absolute atomic E-state index is 0.752. The maximum absolute atomic E-state index is 4.39. The van der Waals surface area contributed by atoms with Gasteiger partial charge in [0.15, 0.2) is 0 Å². The summed E-state index contributed by atoms with van der Waals surface area (Å²) in [6.07, 6.45) is 2.03. The zero-order valence-corrected chi connectivity index (χ0v) is 12.2. The van der Waals surface area contributed by atoms with Gasteiger partial charge in [0, 0.05) is 5.56 Å². The maximum atomic E-state index is 4.39. The highest BCUT2D eigenvalue weighted by molar-refractivity contribution is 5.61. The van der Waals surface area contributed by atoms with Crippen molar-refractivity contribution in [3.8, 4) is 11.3 Å². The number of hydrogen-bond acceptors (Lipinski definition) is 2. The first-order chi connectivity index (χ1) is 10.4. The minimum atomic E-state index is 0.752. The number of nitrogens with zero attached hydrogens (tertiary/aromatic N) is 3. The number of rotatable bonds is 5. The van der Waals surface area contributed by atoms with Gasteiger partial charge in [-0.1, -0.05) is 79.2 Å². The molecule has 0 saturated carbocycles. The van der Waals surface area contributed by atoms with E-state index in [2.05, 4.69) is 65.8 Å². The quantitative estimate of drug-likeness (QED) is 0.707. The highest BCUT2D eigenvalue weighted by Crippen LogP contribution is 2.23. The Morgan fingerprint density at radius 3 is 2.24 bits per heavy atom. The van der Waals surface area contributed by atoms with E-state index >= 15 is 0 Å². The van der Waals surface area contributed by atoms with Gasteiger partial charge in [-0.3, -0.25) is 0 Å². The average molecular weight is 277 g/mol. The zero-order valence-electron chi connectivity index (χ0n) is 12.2. The molecule has 1 aromatic heterocycles. The second kappa shape index (κ2) is 6.35. The molecule has 0 bridgehead atoms. The zero-order chi connectivity index (χ0) is 14.5. The molecule has 0 amide bonds. The third-order valence-corrected chi connectivity index (χ3v) is 3.51. The predicted octanol–water partition coefficient (Wildman–Crippen LogP) is 3.95. The predicted molar refractivity (Wildman–Crippen MR) is 85.0 cm³/mol. The summed E-state index contributed by atoms with van der Waals surface area (Å²) in [5.74, 6) is 0.